The number of nitrogens with zero attached hydrogens (tertiary/aromatic N) is 3. The topological polar surface area (TPSA) is 105 Å². The molecule has 3 heterocycles. The number of H-pyrrole nitrogens is 1. The van der Waals surface area contributed by atoms with E-state index >= 15 is 0 Å². The predicted octanol–water partition coefficient (Wildman–Crippen LogP) is 8.02. The number of imidazole rings is 1. The zero-order valence-electron chi connectivity index (χ0n) is 23.0. The first-order chi connectivity index (χ1) is 21.2. The second kappa shape index (κ2) is 11.5. The third-order valence-electron chi connectivity index (χ3n) is 7.08. The normalized spacial score (nSPS) is 11.0. The zero-order valence-corrected chi connectivity index (χ0v) is 23.0. The number of anilines is 4. The molecule has 3 N–H and O–H groups in total. The summed E-state index contributed by atoms with van der Waals surface area (Å²) in [5, 5.41) is 7.68. The van der Waals surface area contributed by atoms with Gasteiger partial charge in [0.25, 0.3) is 0 Å². The molecule has 0 radical (unpaired) electrons. The summed E-state index contributed by atoms with van der Waals surface area (Å²) in [6.07, 6.45) is 5.26. The van der Waals surface area contributed by atoms with Crippen molar-refractivity contribution in [2.45, 2.75) is 6.61 Å². The molecule has 0 aliphatic carbocycles. The number of carbonyl (C=O) groups is 1. The maximum atomic E-state index is 12.8. The second-order valence-electron chi connectivity index (χ2n) is 10.0. The van der Waals surface area contributed by atoms with Crippen LogP contribution in [0.1, 0.15) is 15.9 Å². The molecular weight excluding hydrogens is 536 g/mol. The molecule has 4 aromatic carbocycles. The number of esters is 1. The van der Waals surface area contributed by atoms with Crippen molar-refractivity contribution < 1.29 is 9.53 Å². The number of aromatic nitrogens is 4. The van der Waals surface area contributed by atoms with Crippen molar-refractivity contribution in [3.8, 4) is 11.4 Å². The minimum Gasteiger partial charge on any atom is -0.457 e. The Hall–Kier alpha value is -6.02. The Kier molecular flexibility index (Phi) is 6.91. The maximum absolute atomic E-state index is 12.8. The molecule has 0 spiro atoms. The summed E-state index contributed by atoms with van der Waals surface area (Å²) < 4.78 is 5.54. The Morgan fingerprint density at radius 3 is 2.33 bits per heavy atom. The van der Waals surface area contributed by atoms with Gasteiger partial charge < -0.3 is 20.4 Å². The first-order valence-corrected chi connectivity index (χ1v) is 13.8. The number of rotatable bonds is 8. The Bertz CT molecular complexity index is 2040. The van der Waals surface area contributed by atoms with E-state index in [0.717, 1.165) is 61.6 Å². The van der Waals surface area contributed by atoms with Crippen LogP contribution in [0.2, 0.25) is 0 Å². The fraction of sp³-hybridized carbons (Fsp3) is 0.0286. The molecule has 0 fully saturated rings. The highest BCUT2D eigenvalue weighted by atomic mass is 16.5. The molecule has 0 unspecified atom stereocenters. The largest absolute Gasteiger partial charge is 0.457 e. The summed E-state index contributed by atoms with van der Waals surface area (Å²) in [7, 11) is 0. The summed E-state index contributed by atoms with van der Waals surface area (Å²) in [6, 6.07) is 34.9. The second-order valence-corrected chi connectivity index (χ2v) is 10.0. The minimum atomic E-state index is -0.379. The van der Waals surface area contributed by atoms with Crippen molar-refractivity contribution in [2.24, 2.45) is 0 Å². The molecule has 43 heavy (non-hydrogen) atoms. The first-order valence-electron chi connectivity index (χ1n) is 13.8. The molecule has 0 saturated heterocycles. The Morgan fingerprint density at radius 1 is 0.721 bits per heavy atom. The number of carbonyl (C=O) groups excluding carboxylic acids is 1. The number of pyridine rings is 2. The Balaban J connectivity index is 1.08. The lowest BCUT2D eigenvalue weighted by Gasteiger charge is -2.11. The minimum absolute atomic E-state index is 0.219. The summed E-state index contributed by atoms with van der Waals surface area (Å²) in [5.74, 6) is 0.409. The molecule has 0 bridgehead atoms. The lowest BCUT2D eigenvalue weighted by Crippen LogP contribution is -2.05. The lowest BCUT2D eigenvalue weighted by molar-refractivity contribution is 0.0473. The molecule has 7 aromatic rings. The lowest BCUT2D eigenvalue weighted by atomic mass is 10.1. The third kappa shape index (κ3) is 5.75. The van der Waals surface area contributed by atoms with Gasteiger partial charge in [-0.05, 0) is 84.4 Å². The van der Waals surface area contributed by atoms with Crippen LogP contribution in [0.4, 0.5) is 22.7 Å². The van der Waals surface area contributed by atoms with Crippen LogP contribution >= 0.6 is 0 Å². The van der Waals surface area contributed by atoms with Crippen molar-refractivity contribution in [3.63, 3.8) is 0 Å². The van der Waals surface area contributed by atoms with Gasteiger partial charge in [0.15, 0.2) is 0 Å². The van der Waals surface area contributed by atoms with Crippen molar-refractivity contribution in [3.05, 3.63) is 139 Å². The molecule has 0 aliphatic heterocycles. The molecule has 0 aliphatic rings. The fourth-order valence-corrected chi connectivity index (χ4v) is 4.88. The van der Waals surface area contributed by atoms with E-state index in [1.165, 1.54) is 0 Å². The molecule has 7 rings (SSSR count). The number of hydrogen-bond acceptors (Lipinski definition) is 7. The number of nitrogens with one attached hydrogen (secondary N) is 3. The molecule has 0 atom stereocenters. The highest BCUT2D eigenvalue weighted by molar-refractivity contribution is 5.99. The Morgan fingerprint density at radius 2 is 1.49 bits per heavy atom. The van der Waals surface area contributed by atoms with Crippen LogP contribution in [-0.4, -0.2) is 25.9 Å². The van der Waals surface area contributed by atoms with Gasteiger partial charge in [-0.1, -0.05) is 30.3 Å². The SMILES string of the molecule is O=C(OCc1ccccc1)c1ccc2nccc(Nc3ccc(-c4nc5ccc(Nc6ccncc6)cc5[nH]4)cc3)c2c1. The van der Waals surface area contributed by atoms with Crippen LogP contribution < -0.4 is 10.6 Å². The molecule has 8 nitrogen and oxygen atoms in total. The fourth-order valence-electron chi connectivity index (χ4n) is 4.88. The van der Waals surface area contributed by atoms with Gasteiger partial charge in [-0.3, -0.25) is 9.97 Å². The van der Waals surface area contributed by atoms with Crippen molar-refractivity contribution in [1.29, 1.82) is 0 Å². The number of benzene rings is 4. The van der Waals surface area contributed by atoms with Gasteiger partial charge in [0.05, 0.1) is 22.1 Å². The molecule has 208 valence electrons. The van der Waals surface area contributed by atoms with E-state index in [4.69, 9.17) is 9.72 Å². The summed E-state index contributed by atoms with van der Waals surface area (Å²) in [6.45, 7) is 0.219. The van der Waals surface area contributed by atoms with E-state index in [1.54, 1.807) is 24.7 Å². The number of aromatic amines is 1. The van der Waals surface area contributed by atoms with Crippen LogP contribution in [0.3, 0.4) is 0 Å². The number of hydrogen-bond donors (Lipinski definition) is 3. The van der Waals surface area contributed by atoms with Gasteiger partial charge in [0.1, 0.15) is 12.4 Å². The molecule has 0 amide bonds. The van der Waals surface area contributed by atoms with Crippen molar-refractivity contribution in [1.82, 2.24) is 19.9 Å². The van der Waals surface area contributed by atoms with Crippen molar-refractivity contribution >= 4 is 50.7 Å². The van der Waals surface area contributed by atoms with E-state index in [9.17, 15) is 4.79 Å². The highest BCUT2D eigenvalue weighted by Gasteiger charge is 2.12. The monoisotopic (exact) mass is 562 g/mol. The molecular formula is C35H26N6O2. The van der Waals surface area contributed by atoms with Gasteiger partial charge in [-0.2, -0.15) is 0 Å². The third-order valence-corrected chi connectivity index (χ3v) is 7.08. The summed E-state index contributed by atoms with van der Waals surface area (Å²) in [4.78, 5) is 29.5. The molecule has 8 heteroatoms. The van der Waals surface area contributed by atoms with Crippen LogP contribution in [0, 0.1) is 0 Å². The van der Waals surface area contributed by atoms with E-state index in [2.05, 4.69) is 25.6 Å². The van der Waals surface area contributed by atoms with Crippen LogP contribution in [0.15, 0.2) is 128 Å². The van der Waals surface area contributed by atoms with Gasteiger partial charge in [-0.25, -0.2) is 9.78 Å². The van der Waals surface area contributed by atoms with E-state index in [0.29, 0.717) is 5.56 Å². The average Bonchev–Trinajstić information content (AvgIpc) is 3.48. The molecule has 0 saturated carbocycles. The van der Waals surface area contributed by atoms with E-state index < -0.39 is 0 Å². The van der Waals surface area contributed by atoms with E-state index in [1.807, 2.05) is 103 Å². The van der Waals surface area contributed by atoms with Crippen molar-refractivity contribution in [2.75, 3.05) is 10.6 Å². The van der Waals surface area contributed by atoms with Gasteiger partial charge in [0, 0.05) is 52.3 Å². The van der Waals surface area contributed by atoms with Crippen LogP contribution in [-0.2, 0) is 11.3 Å². The van der Waals surface area contributed by atoms with Crippen LogP contribution in [0.25, 0.3) is 33.3 Å². The smallest absolute Gasteiger partial charge is 0.338 e. The maximum Gasteiger partial charge on any atom is 0.338 e. The van der Waals surface area contributed by atoms with E-state index in [-0.39, 0.29) is 12.6 Å². The van der Waals surface area contributed by atoms with Crippen LogP contribution in [0.5, 0.6) is 0 Å². The summed E-state index contributed by atoms with van der Waals surface area (Å²) in [5.41, 5.74) is 8.66. The van der Waals surface area contributed by atoms with Gasteiger partial charge in [-0.15, -0.1) is 0 Å². The average molecular weight is 563 g/mol. The van der Waals surface area contributed by atoms with Gasteiger partial charge in [0.2, 0.25) is 0 Å². The summed E-state index contributed by atoms with van der Waals surface area (Å²) >= 11 is 0. The molecule has 3 aromatic heterocycles. The number of fused-ring (bicyclic) bond motifs is 2. The first kappa shape index (κ1) is 25.9. The highest BCUT2D eigenvalue weighted by Crippen LogP contribution is 2.29. The number of ether oxygens (including phenoxy) is 1. The Labute approximate surface area is 247 Å². The quantitative estimate of drug-likeness (QED) is 0.161. The standard InChI is InChI=1S/C35H26N6O2/c42-35(43-22-23-4-2-1-3-5-23)25-8-12-30-29(20-25)31(16-19-37-30)39-26-9-6-24(7-10-26)34-40-32-13-11-28(21-33(32)41-34)38-27-14-17-36-18-15-27/h1-21H,22H2,(H,36,38)(H,37,39)(H,40,41). The zero-order chi connectivity index (χ0) is 29.0. The van der Waals surface area contributed by atoms with Gasteiger partial charge >= 0.3 is 5.97 Å². The predicted molar refractivity (Wildman–Crippen MR) is 170 cm³/mol.